The largest absolute Gasteiger partial charge is 0.356 e. The Hall–Kier alpha value is -0.570. The number of carbonyl (C=O) groups excluding carboxylic acids is 1. The second-order valence-electron chi connectivity index (χ2n) is 4.61. The molecule has 0 spiro atoms. The predicted octanol–water partition coefficient (Wildman–Crippen LogP) is 1.68. The molecular formula is C12H24N2O. The van der Waals surface area contributed by atoms with Crippen molar-refractivity contribution in [3.63, 3.8) is 0 Å². The molecular weight excluding hydrogens is 188 g/mol. The second-order valence-corrected chi connectivity index (χ2v) is 4.61. The highest BCUT2D eigenvalue weighted by atomic mass is 16.1. The number of hydrogen-bond donors (Lipinski definition) is 2. The van der Waals surface area contributed by atoms with Gasteiger partial charge >= 0.3 is 0 Å². The summed E-state index contributed by atoms with van der Waals surface area (Å²) in [5.74, 6) is 1.06. The van der Waals surface area contributed by atoms with Crippen LogP contribution in [0.25, 0.3) is 0 Å². The summed E-state index contributed by atoms with van der Waals surface area (Å²) in [6.45, 7) is 5.84. The molecule has 0 bridgehead atoms. The van der Waals surface area contributed by atoms with Gasteiger partial charge < -0.3 is 10.6 Å². The van der Waals surface area contributed by atoms with Gasteiger partial charge in [0.1, 0.15) is 0 Å². The molecule has 0 unspecified atom stereocenters. The molecule has 0 aromatic rings. The molecule has 3 heteroatoms. The van der Waals surface area contributed by atoms with E-state index in [0.717, 1.165) is 19.0 Å². The van der Waals surface area contributed by atoms with Crippen molar-refractivity contribution >= 4 is 5.91 Å². The van der Waals surface area contributed by atoms with Gasteiger partial charge in [-0.3, -0.25) is 4.79 Å². The van der Waals surface area contributed by atoms with E-state index >= 15 is 0 Å². The Bertz CT molecular complexity index is 186. The first-order valence-corrected chi connectivity index (χ1v) is 6.22. The van der Waals surface area contributed by atoms with E-state index < -0.39 is 0 Å². The molecule has 1 rings (SSSR count). The van der Waals surface area contributed by atoms with Crippen molar-refractivity contribution in [1.82, 2.24) is 10.6 Å². The van der Waals surface area contributed by atoms with Crippen molar-refractivity contribution in [2.45, 2.75) is 52.0 Å². The second kappa shape index (κ2) is 6.83. The van der Waals surface area contributed by atoms with Crippen molar-refractivity contribution in [2.75, 3.05) is 13.1 Å². The minimum atomic E-state index is 0.161. The van der Waals surface area contributed by atoms with E-state index in [1.54, 1.807) is 0 Å². The lowest BCUT2D eigenvalue weighted by atomic mass is 9.87. The third-order valence-electron chi connectivity index (χ3n) is 3.17. The average molecular weight is 212 g/mol. The maximum atomic E-state index is 11.2. The zero-order chi connectivity index (χ0) is 11.1. The summed E-state index contributed by atoms with van der Waals surface area (Å²) in [4.78, 5) is 11.2. The zero-order valence-corrected chi connectivity index (χ0v) is 10.0. The molecule has 88 valence electrons. The molecule has 0 saturated heterocycles. The summed E-state index contributed by atoms with van der Waals surface area (Å²) < 4.78 is 0. The van der Waals surface area contributed by atoms with Crippen LogP contribution in [-0.2, 0) is 4.79 Å². The van der Waals surface area contributed by atoms with Crippen molar-refractivity contribution < 1.29 is 4.79 Å². The van der Waals surface area contributed by atoms with Crippen molar-refractivity contribution in [2.24, 2.45) is 5.92 Å². The summed E-state index contributed by atoms with van der Waals surface area (Å²) >= 11 is 0. The fraction of sp³-hybridized carbons (Fsp3) is 0.917. The first kappa shape index (κ1) is 12.5. The van der Waals surface area contributed by atoms with E-state index in [-0.39, 0.29) is 5.91 Å². The fourth-order valence-electron chi connectivity index (χ4n) is 2.14. The molecule has 0 aromatic heterocycles. The predicted molar refractivity (Wildman–Crippen MR) is 62.7 cm³/mol. The molecule has 0 atom stereocenters. The molecule has 0 heterocycles. The first-order valence-electron chi connectivity index (χ1n) is 6.22. The Morgan fingerprint density at radius 2 is 1.93 bits per heavy atom. The Labute approximate surface area is 93.0 Å². The molecule has 1 fully saturated rings. The molecule has 0 aliphatic heterocycles. The SMILES string of the molecule is CCNC(=O)CCNC1CCC(C)CC1. The van der Waals surface area contributed by atoms with E-state index in [2.05, 4.69) is 17.6 Å². The molecule has 3 nitrogen and oxygen atoms in total. The van der Waals surface area contributed by atoms with E-state index in [4.69, 9.17) is 0 Å². The standard InChI is InChI=1S/C12H24N2O/c1-3-13-12(15)8-9-14-11-6-4-10(2)5-7-11/h10-11,14H,3-9H2,1-2H3,(H,13,15). The van der Waals surface area contributed by atoms with E-state index in [1.165, 1.54) is 25.7 Å². The van der Waals surface area contributed by atoms with Gasteiger partial charge in [0.05, 0.1) is 0 Å². The van der Waals surface area contributed by atoms with Gasteiger partial charge in [-0.1, -0.05) is 6.92 Å². The van der Waals surface area contributed by atoms with Crippen LogP contribution in [0.4, 0.5) is 0 Å². The topological polar surface area (TPSA) is 41.1 Å². The van der Waals surface area contributed by atoms with Gasteiger partial charge in [0, 0.05) is 25.6 Å². The maximum Gasteiger partial charge on any atom is 0.221 e. The first-order chi connectivity index (χ1) is 7.22. The summed E-state index contributed by atoms with van der Waals surface area (Å²) in [5, 5.41) is 6.28. The van der Waals surface area contributed by atoms with Gasteiger partial charge in [-0.15, -0.1) is 0 Å². The molecule has 1 amide bonds. The lowest BCUT2D eigenvalue weighted by Crippen LogP contribution is -2.35. The number of hydrogen-bond acceptors (Lipinski definition) is 2. The summed E-state index contributed by atoms with van der Waals surface area (Å²) in [6.07, 6.45) is 5.82. The third-order valence-corrected chi connectivity index (χ3v) is 3.17. The quantitative estimate of drug-likeness (QED) is 0.728. The highest BCUT2D eigenvalue weighted by molar-refractivity contribution is 5.75. The molecule has 0 radical (unpaired) electrons. The van der Waals surface area contributed by atoms with Gasteiger partial charge in [0.25, 0.3) is 0 Å². The lowest BCUT2D eigenvalue weighted by Gasteiger charge is -2.26. The number of rotatable bonds is 5. The molecule has 15 heavy (non-hydrogen) atoms. The Morgan fingerprint density at radius 1 is 1.27 bits per heavy atom. The summed E-state index contributed by atoms with van der Waals surface area (Å²) in [7, 11) is 0. The van der Waals surface area contributed by atoms with Crippen LogP contribution in [0.1, 0.15) is 46.0 Å². The fourth-order valence-corrected chi connectivity index (χ4v) is 2.14. The van der Waals surface area contributed by atoms with Crippen LogP contribution in [0.3, 0.4) is 0 Å². The molecule has 1 aliphatic carbocycles. The van der Waals surface area contributed by atoms with Gasteiger partial charge in [0.2, 0.25) is 5.91 Å². The molecule has 1 aliphatic rings. The Kier molecular flexibility index (Phi) is 5.69. The van der Waals surface area contributed by atoms with Crippen LogP contribution in [0.2, 0.25) is 0 Å². The van der Waals surface area contributed by atoms with Gasteiger partial charge in [-0.05, 0) is 38.5 Å². The summed E-state index contributed by atoms with van der Waals surface area (Å²) in [6, 6.07) is 0.649. The minimum Gasteiger partial charge on any atom is -0.356 e. The van der Waals surface area contributed by atoms with Crippen LogP contribution < -0.4 is 10.6 Å². The summed E-state index contributed by atoms with van der Waals surface area (Å²) in [5.41, 5.74) is 0. The van der Waals surface area contributed by atoms with E-state index in [1.807, 2.05) is 6.92 Å². The zero-order valence-electron chi connectivity index (χ0n) is 10.0. The van der Waals surface area contributed by atoms with Crippen LogP contribution in [0.15, 0.2) is 0 Å². The maximum absolute atomic E-state index is 11.2. The van der Waals surface area contributed by atoms with Crippen molar-refractivity contribution in [3.05, 3.63) is 0 Å². The number of amides is 1. The van der Waals surface area contributed by atoms with E-state index in [0.29, 0.717) is 12.5 Å². The van der Waals surface area contributed by atoms with Crippen LogP contribution in [0.5, 0.6) is 0 Å². The molecule has 0 aromatic carbocycles. The lowest BCUT2D eigenvalue weighted by molar-refractivity contribution is -0.120. The Morgan fingerprint density at radius 3 is 2.53 bits per heavy atom. The smallest absolute Gasteiger partial charge is 0.221 e. The van der Waals surface area contributed by atoms with Gasteiger partial charge in [0.15, 0.2) is 0 Å². The molecule has 2 N–H and O–H groups in total. The normalized spacial score (nSPS) is 26.3. The van der Waals surface area contributed by atoms with Crippen LogP contribution in [-0.4, -0.2) is 25.0 Å². The average Bonchev–Trinajstić information content (AvgIpc) is 2.21. The Balaban J connectivity index is 2.02. The van der Waals surface area contributed by atoms with Crippen molar-refractivity contribution in [3.8, 4) is 0 Å². The highest BCUT2D eigenvalue weighted by Gasteiger charge is 2.17. The van der Waals surface area contributed by atoms with Crippen molar-refractivity contribution in [1.29, 1.82) is 0 Å². The van der Waals surface area contributed by atoms with E-state index in [9.17, 15) is 4.79 Å². The third kappa shape index (κ3) is 5.17. The molecule has 1 saturated carbocycles. The minimum absolute atomic E-state index is 0.161. The highest BCUT2D eigenvalue weighted by Crippen LogP contribution is 2.23. The van der Waals surface area contributed by atoms with Crippen LogP contribution >= 0.6 is 0 Å². The van der Waals surface area contributed by atoms with Gasteiger partial charge in [-0.25, -0.2) is 0 Å². The monoisotopic (exact) mass is 212 g/mol. The number of nitrogens with one attached hydrogen (secondary N) is 2. The van der Waals surface area contributed by atoms with Crippen LogP contribution in [0, 0.1) is 5.92 Å². The van der Waals surface area contributed by atoms with Gasteiger partial charge in [-0.2, -0.15) is 0 Å². The number of carbonyl (C=O) groups is 1.